The van der Waals surface area contributed by atoms with Gasteiger partial charge in [0.2, 0.25) is 0 Å². The highest BCUT2D eigenvalue weighted by atomic mass is 79.9. The zero-order valence-corrected chi connectivity index (χ0v) is 15.4. The second-order valence-corrected chi connectivity index (χ2v) is 5.99. The summed E-state index contributed by atoms with van der Waals surface area (Å²) in [5.74, 6) is 0.279. The molecule has 0 bridgehead atoms. The number of amides is 1. The molecule has 24 heavy (non-hydrogen) atoms. The Morgan fingerprint density at radius 3 is 2.33 bits per heavy atom. The van der Waals surface area contributed by atoms with Crippen molar-refractivity contribution in [2.45, 2.75) is 13.5 Å². The lowest BCUT2D eigenvalue weighted by Gasteiger charge is -2.21. The normalized spacial score (nSPS) is 10.4. The summed E-state index contributed by atoms with van der Waals surface area (Å²) in [4.78, 5) is 14.3. The number of ether oxygens (including phenoxy) is 2. The van der Waals surface area contributed by atoms with E-state index in [9.17, 15) is 9.18 Å². The van der Waals surface area contributed by atoms with Gasteiger partial charge in [0.15, 0.2) is 11.6 Å². The summed E-state index contributed by atoms with van der Waals surface area (Å²) in [6, 6.07) is 9.87. The van der Waals surface area contributed by atoms with Crippen LogP contribution in [0.1, 0.15) is 22.8 Å². The average molecular weight is 396 g/mol. The summed E-state index contributed by atoms with van der Waals surface area (Å²) in [6.45, 7) is 2.71. The van der Waals surface area contributed by atoms with Crippen LogP contribution in [-0.2, 0) is 6.54 Å². The highest BCUT2D eigenvalue weighted by Gasteiger charge is 2.17. The minimum Gasteiger partial charge on any atom is -0.496 e. The zero-order valence-electron chi connectivity index (χ0n) is 13.8. The Balaban J connectivity index is 2.20. The fraction of sp³-hybridized carbons (Fsp3) is 0.278. The molecule has 0 radical (unpaired) electrons. The second-order valence-electron chi connectivity index (χ2n) is 5.14. The number of methoxy groups -OCH3 is 2. The summed E-state index contributed by atoms with van der Waals surface area (Å²) in [6.07, 6.45) is 0. The lowest BCUT2D eigenvalue weighted by molar-refractivity contribution is 0.0752. The molecule has 128 valence electrons. The Morgan fingerprint density at radius 2 is 1.79 bits per heavy atom. The molecule has 0 fully saturated rings. The summed E-state index contributed by atoms with van der Waals surface area (Å²) in [7, 11) is 2.99. The molecular weight excluding hydrogens is 377 g/mol. The van der Waals surface area contributed by atoms with Crippen molar-refractivity contribution in [2.24, 2.45) is 0 Å². The minimum absolute atomic E-state index is 0.128. The monoisotopic (exact) mass is 395 g/mol. The number of carbonyl (C=O) groups is 1. The molecule has 0 aliphatic rings. The number of hydrogen-bond acceptors (Lipinski definition) is 3. The van der Waals surface area contributed by atoms with Crippen molar-refractivity contribution in [3.05, 3.63) is 57.8 Å². The van der Waals surface area contributed by atoms with E-state index in [0.717, 1.165) is 0 Å². The van der Waals surface area contributed by atoms with E-state index >= 15 is 0 Å². The number of nitrogens with zero attached hydrogens (tertiary/aromatic N) is 1. The van der Waals surface area contributed by atoms with E-state index in [4.69, 9.17) is 9.47 Å². The molecule has 2 rings (SSSR count). The lowest BCUT2D eigenvalue weighted by Crippen LogP contribution is -2.30. The third-order valence-corrected chi connectivity index (χ3v) is 4.28. The fourth-order valence-electron chi connectivity index (χ4n) is 2.34. The molecule has 0 unspecified atom stereocenters. The molecular formula is C18H19BrFNO3. The van der Waals surface area contributed by atoms with E-state index in [-0.39, 0.29) is 11.7 Å². The molecule has 0 atom stereocenters. The van der Waals surface area contributed by atoms with Crippen LogP contribution >= 0.6 is 15.9 Å². The molecule has 6 heteroatoms. The first-order valence-electron chi connectivity index (χ1n) is 7.45. The lowest BCUT2D eigenvalue weighted by atomic mass is 10.1. The highest BCUT2D eigenvalue weighted by molar-refractivity contribution is 9.10. The van der Waals surface area contributed by atoms with Crippen LogP contribution in [0.3, 0.4) is 0 Å². The van der Waals surface area contributed by atoms with Crippen molar-refractivity contribution < 1.29 is 18.7 Å². The second kappa shape index (κ2) is 8.15. The van der Waals surface area contributed by atoms with Crippen LogP contribution in [0.4, 0.5) is 4.39 Å². The summed E-state index contributed by atoms with van der Waals surface area (Å²) < 4.78 is 24.6. The van der Waals surface area contributed by atoms with Crippen molar-refractivity contribution in [3.63, 3.8) is 0 Å². The smallest absolute Gasteiger partial charge is 0.254 e. The van der Waals surface area contributed by atoms with Crippen LogP contribution < -0.4 is 9.47 Å². The maximum Gasteiger partial charge on any atom is 0.254 e. The van der Waals surface area contributed by atoms with Crippen molar-refractivity contribution >= 4 is 21.8 Å². The van der Waals surface area contributed by atoms with E-state index in [1.165, 1.54) is 13.2 Å². The molecule has 0 spiro atoms. The zero-order chi connectivity index (χ0) is 17.7. The van der Waals surface area contributed by atoms with Crippen LogP contribution in [0.15, 0.2) is 40.9 Å². The standard InChI is InChI=1S/C18H19BrFNO3/c1-4-21(11-12-5-7-17(24-3)15(20)9-12)18(22)13-6-8-16(23-2)14(19)10-13/h5-10H,4,11H2,1-3H3. The number of benzene rings is 2. The SMILES string of the molecule is CCN(Cc1ccc(OC)c(F)c1)C(=O)c1ccc(OC)c(Br)c1. The Labute approximate surface area is 149 Å². The Kier molecular flexibility index (Phi) is 6.20. The van der Waals surface area contributed by atoms with Gasteiger partial charge in [-0.25, -0.2) is 4.39 Å². The maximum absolute atomic E-state index is 13.8. The first kappa shape index (κ1) is 18.3. The predicted molar refractivity (Wildman–Crippen MR) is 94.1 cm³/mol. The van der Waals surface area contributed by atoms with E-state index in [2.05, 4.69) is 15.9 Å². The van der Waals surface area contributed by atoms with Crippen molar-refractivity contribution in [1.82, 2.24) is 4.90 Å². The van der Waals surface area contributed by atoms with Gasteiger partial charge in [-0.15, -0.1) is 0 Å². The number of rotatable bonds is 6. The molecule has 0 aliphatic carbocycles. The molecule has 1 amide bonds. The molecule has 2 aromatic rings. The quantitative estimate of drug-likeness (QED) is 0.732. The van der Waals surface area contributed by atoms with Gasteiger partial charge in [-0.1, -0.05) is 6.07 Å². The third kappa shape index (κ3) is 4.06. The van der Waals surface area contributed by atoms with Crippen LogP contribution in [0, 0.1) is 5.82 Å². The Bertz CT molecular complexity index is 736. The number of halogens is 2. The number of carbonyl (C=O) groups excluding carboxylic acids is 1. The maximum atomic E-state index is 13.8. The molecule has 0 saturated heterocycles. The molecule has 0 N–H and O–H groups in total. The van der Waals surface area contributed by atoms with Gasteiger partial charge in [-0.05, 0) is 58.7 Å². The van der Waals surface area contributed by atoms with Gasteiger partial charge < -0.3 is 14.4 Å². The first-order chi connectivity index (χ1) is 11.5. The predicted octanol–water partition coefficient (Wildman–Crippen LogP) is 4.27. The summed E-state index contributed by atoms with van der Waals surface area (Å²) in [5.41, 5.74) is 1.24. The summed E-state index contributed by atoms with van der Waals surface area (Å²) in [5, 5.41) is 0. The van der Waals surface area contributed by atoms with Gasteiger partial charge in [0.1, 0.15) is 5.75 Å². The van der Waals surface area contributed by atoms with Gasteiger partial charge in [-0.2, -0.15) is 0 Å². The van der Waals surface area contributed by atoms with Crippen LogP contribution in [0.5, 0.6) is 11.5 Å². The van der Waals surface area contributed by atoms with Crippen molar-refractivity contribution in [2.75, 3.05) is 20.8 Å². The van der Waals surface area contributed by atoms with E-state index in [0.29, 0.717) is 34.4 Å². The number of hydrogen-bond donors (Lipinski definition) is 0. The molecule has 0 aliphatic heterocycles. The molecule has 0 aromatic heterocycles. The highest BCUT2D eigenvalue weighted by Crippen LogP contribution is 2.26. The topological polar surface area (TPSA) is 38.8 Å². The van der Waals surface area contributed by atoms with Crippen molar-refractivity contribution in [3.8, 4) is 11.5 Å². The van der Waals surface area contributed by atoms with Crippen LogP contribution in [0.2, 0.25) is 0 Å². The first-order valence-corrected chi connectivity index (χ1v) is 8.24. The largest absolute Gasteiger partial charge is 0.496 e. The van der Waals surface area contributed by atoms with Gasteiger partial charge in [0.25, 0.3) is 5.91 Å². The van der Waals surface area contributed by atoms with E-state index in [1.807, 2.05) is 6.92 Å². The van der Waals surface area contributed by atoms with Crippen LogP contribution in [-0.4, -0.2) is 31.6 Å². The molecule has 4 nitrogen and oxygen atoms in total. The third-order valence-electron chi connectivity index (χ3n) is 3.66. The van der Waals surface area contributed by atoms with Crippen molar-refractivity contribution in [1.29, 1.82) is 0 Å². The summed E-state index contributed by atoms with van der Waals surface area (Å²) >= 11 is 3.38. The average Bonchev–Trinajstić information content (AvgIpc) is 2.59. The van der Waals surface area contributed by atoms with E-state index < -0.39 is 5.82 Å². The minimum atomic E-state index is -0.439. The Morgan fingerprint density at radius 1 is 1.12 bits per heavy atom. The molecule has 0 saturated carbocycles. The van der Waals surface area contributed by atoms with E-state index in [1.54, 1.807) is 42.3 Å². The fourth-order valence-corrected chi connectivity index (χ4v) is 2.88. The van der Waals surface area contributed by atoms with Gasteiger partial charge >= 0.3 is 0 Å². The molecule has 0 heterocycles. The van der Waals surface area contributed by atoms with Gasteiger partial charge in [0.05, 0.1) is 18.7 Å². The Hall–Kier alpha value is -2.08. The van der Waals surface area contributed by atoms with Gasteiger partial charge in [-0.3, -0.25) is 4.79 Å². The van der Waals surface area contributed by atoms with Gasteiger partial charge in [0, 0.05) is 18.7 Å². The molecule has 2 aromatic carbocycles. The van der Waals surface area contributed by atoms with Crippen LogP contribution in [0.25, 0.3) is 0 Å².